The van der Waals surface area contributed by atoms with Crippen molar-refractivity contribution in [2.24, 2.45) is 7.05 Å². The molecule has 0 aliphatic rings. The zero-order valence-corrected chi connectivity index (χ0v) is 10.6. The molecule has 1 N–H and O–H groups in total. The minimum atomic E-state index is 0.0542. The Hall–Kier alpha value is -0.680. The average molecular weight is 229 g/mol. The number of aliphatic hydroxyl groups excluding tert-OH is 1. The van der Waals surface area contributed by atoms with Gasteiger partial charge in [0.1, 0.15) is 5.82 Å². The van der Waals surface area contributed by atoms with Crippen molar-refractivity contribution in [3.05, 3.63) is 11.3 Å². The van der Waals surface area contributed by atoms with E-state index in [-0.39, 0.29) is 6.61 Å². The third kappa shape index (κ3) is 2.66. The van der Waals surface area contributed by atoms with E-state index in [1.165, 1.54) is 0 Å². The molecule has 1 rings (SSSR count). The second-order valence-electron chi connectivity index (χ2n) is 3.58. The number of aliphatic hydroxyl groups is 1. The van der Waals surface area contributed by atoms with Crippen molar-refractivity contribution in [2.45, 2.75) is 13.5 Å². The highest BCUT2D eigenvalue weighted by molar-refractivity contribution is 7.98. The van der Waals surface area contributed by atoms with Crippen LogP contribution < -0.4 is 4.90 Å². The van der Waals surface area contributed by atoms with Crippen LogP contribution in [-0.2, 0) is 13.7 Å². The van der Waals surface area contributed by atoms with Gasteiger partial charge in [-0.2, -0.15) is 16.9 Å². The quantitative estimate of drug-likeness (QED) is 0.818. The van der Waals surface area contributed by atoms with Gasteiger partial charge in [0.25, 0.3) is 0 Å². The Kier molecular flexibility index (Phi) is 4.47. The SMILES string of the molecule is CSCCN(C)c1c(CO)c(C)nn1C. The molecule has 86 valence electrons. The minimum Gasteiger partial charge on any atom is -0.391 e. The van der Waals surface area contributed by atoms with E-state index in [0.717, 1.165) is 29.4 Å². The zero-order chi connectivity index (χ0) is 11.4. The van der Waals surface area contributed by atoms with Gasteiger partial charge in [-0.15, -0.1) is 0 Å². The molecule has 0 aliphatic heterocycles. The predicted octanol–water partition coefficient (Wildman–Crippen LogP) is 1.02. The van der Waals surface area contributed by atoms with E-state index in [1.807, 2.05) is 37.5 Å². The average Bonchev–Trinajstić information content (AvgIpc) is 2.49. The smallest absolute Gasteiger partial charge is 0.132 e. The fourth-order valence-electron chi connectivity index (χ4n) is 1.69. The molecule has 0 aliphatic carbocycles. The molecule has 0 atom stereocenters. The molecule has 1 aromatic heterocycles. The first kappa shape index (κ1) is 12.4. The molecular formula is C10H19N3OS. The zero-order valence-electron chi connectivity index (χ0n) is 9.82. The number of nitrogens with zero attached hydrogens (tertiary/aromatic N) is 3. The Morgan fingerprint density at radius 2 is 2.20 bits per heavy atom. The van der Waals surface area contributed by atoms with Crippen molar-refractivity contribution in [3.8, 4) is 0 Å². The number of hydrogen-bond donors (Lipinski definition) is 1. The summed E-state index contributed by atoms with van der Waals surface area (Å²) < 4.78 is 1.83. The third-order valence-corrected chi connectivity index (χ3v) is 3.05. The van der Waals surface area contributed by atoms with Crippen LogP contribution in [-0.4, -0.2) is 40.5 Å². The lowest BCUT2D eigenvalue weighted by Gasteiger charge is -2.20. The monoisotopic (exact) mass is 229 g/mol. The fraction of sp³-hybridized carbons (Fsp3) is 0.700. The summed E-state index contributed by atoms with van der Waals surface area (Å²) in [5.41, 5.74) is 1.84. The van der Waals surface area contributed by atoms with Gasteiger partial charge in [-0.05, 0) is 13.2 Å². The maximum atomic E-state index is 9.30. The summed E-state index contributed by atoms with van der Waals surface area (Å²) in [6.45, 7) is 2.95. The van der Waals surface area contributed by atoms with Crippen LogP contribution >= 0.6 is 11.8 Å². The number of anilines is 1. The molecule has 1 aromatic rings. The van der Waals surface area contributed by atoms with E-state index in [2.05, 4.69) is 16.3 Å². The highest BCUT2D eigenvalue weighted by atomic mass is 32.2. The largest absolute Gasteiger partial charge is 0.391 e. The number of rotatable bonds is 5. The van der Waals surface area contributed by atoms with Crippen molar-refractivity contribution in [2.75, 3.05) is 30.5 Å². The van der Waals surface area contributed by atoms with E-state index in [9.17, 15) is 5.11 Å². The molecule has 15 heavy (non-hydrogen) atoms. The summed E-state index contributed by atoms with van der Waals surface area (Å²) in [4.78, 5) is 2.14. The fourth-order valence-corrected chi connectivity index (χ4v) is 2.14. The molecule has 5 heteroatoms. The van der Waals surface area contributed by atoms with E-state index in [0.29, 0.717) is 0 Å². The van der Waals surface area contributed by atoms with Crippen LogP contribution in [0.4, 0.5) is 5.82 Å². The van der Waals surface area contributed by atoms with Gasteiger partial charge in [-0.1, -0.05) is 0 Å². The van der Waals surface area contributed by atoms with Crippen LogP contribution in [0.3, 0.4) is 0 Å². The Morgan fingerprint density at radius 1 is 1.53 bits per heavy atom. The Morgan fingerprint density at radius 3 is 2.73 bits per heavy atom. The molecule has 0 unspecified atom stereocenters. The summed E-state index contributed by atoms with van der Waals surface area (Å²) in [5.74, 6) is 2.09. The molecule has 1 heterocycles. The van der Waals surface area contributed by atoms with E-state index >= 15 is 0 Å². The number of aryl methyl sites for hydroxylation is 2. The lowest BCUT2D eigenvalue weighted by Crippen LogP contribution is -2.23. The molecule has 0 spiro atoms. The molecule has 0 aromatic carbocycles. The first-order valence-electron chi connectivity index (χ1n) is 4.95. The molecule has 4 nitrogen and oxygen atoms in total. The first-order chi connectivity index (χ1) is 7.11. The summed E-state index contributed by atoms with van der Waals surface area (Å²) in [7, 11) is 3.95. The maximum absolute atomic E-state index is 9.30. The second kappa shape index (κ2) is 5.42. The van der Waals surface area contributed by atoms with Crippen LogP contribution in [0.1, 0.15) is 11.3 Å². The van der Waals surface area contributed by atoms with E-state index < -0.39 is 0 Å². The van der Waals surface area contributed by atoms with Crippen LogP contribution in [0.15, 0.2) is 0 Å². The molecule has 0 saturated carbocycles. The van der Waals surface area contributed by atoms with Crippen molar-refractivity contribution in [1.82, 2.24) is 9.78 Å². The minimum absolute atomic E-state index is 0.0542. The van der Waals surface area contributed by atoms with Gasteiger partial charge >= 0.3 is 0 Å². The van der Waals surface area contributed by atoms with Gasteiger partial charge in [0.05, 0.1) is 12.3 Å². The second-order valence-corrected chi connectivity index (χ2v) is 4.57. The highest BCUT2D eigenvalue weighted by Gasteiger charge is 2.15. The number of aromatic nitrogens is 2. The standard InChI is InChI=1S/C10H19N3OS/c1-8-9(7-14)10(13(3)11-8)12(2)5-6-15-4/h14H,5-7H2,1-4H3. The van der Waals surface area contributed by atoms with Crippen LogP contribution in [0, 0.1) is 6.92 Å². The highest BCUT2D eigenvalue weighted by Crippen LogP contribution is 2.22. The van der Waals surface area contributed by atoms with Crippen LogP contribution in [0.2, 0.25) is 0 Å². The van der Waals surface area contributed by atoms with Gasteiger partial charge < -0.3 is 10.0 Å². The summed E-state index contributed by atoms with van der Waals surface area (Å²) in [6, 6.07) is 0. The van der Waals surface area contributed by atoms with E-state index in [4.69, 9.17) is 0 Å². The molecular weight excluding hydrogens is 210 g/mol. The molecule has 0 bridgehead atoms. The summed E-state index contributed by atoms with van der Waals surface area (Å²) >= 11 is 1.82. The lowest BCUT2D eigenvalue weighted by atomic mass is 10.2. The lowest BCUT2D eigenvalue weighted by molar-refractivity contribution is 0.281. The van der Waals surface area contributed by atoms with E-state index in [1.54, 1.807) is 0 Å². The van der Waals surface area contributed by atoms with Crippen molar-refractivity contribution < 1.29 is 5.11 Å². The predicted molar refractivity (Wildman–Crippen MR) is 65.5 cm³/mol. The molecule has 0 radical (unpaired) electrons. The van der Waals surface area contributed by atoms with Crippen molar-refractivity contribution in [1.29, 1.82) is 0 Å². The van der Waals surface area contributed by atoms with Crippen molar-refractivity contribution in [3.63, 3.8) is 0 Å². The molecule has 0 saturated heterocycles. The Labute approximate surface area is 95.3 Å². The van der Waals surface area contributed by atoms with Gasteiger partial charge in [0, 0.05) is 32.0 Å². The Balaban J connectivity index is 2.91. The van der Waals surface area contributed by atoms with Gasteiger partial charge in [0.2, 0.25) is 0 Å². The number of hydrogen-bond acceptors (Lipinski definition) is 4. The number of thioether (sulfide) groups is 1. The van der Waals surface area contributed by atoms with Gasteiger partial charge in [-0.3, -0.25) is 4.68 Å². The normalized spacial score (nSPS) is 10.7. The van der Waals surface area contributed by atoms with Crippen LogP contribution in [0.25, 0.3) is 0 Å². The maximum Gasteiger partial charge on any atom is 0.132 e. The first-order valence-corrected chi connectivity index (χ1v) is 6.34. The Bertz CT molecular complexity index is 325. The summed E-state index contributed by atoms with van der Waals surface area (Å²) in [5, 5.41) is 13.6. The third-order valence-electron chi connectivity index (χ3n) is 2.46. The van der Waals surface area contributed by atoms with Gasteiger partial charge in [0.15, 0.2) is 0 Å². The topological polar surface area (TPSA) is 41.3 Å². The molecule has 0 amide bonds. The van der Waals surface area contributed by atoms with Crippen molar-refractivity contribution >= 4 is 17.6 Å². The summed E-state index contributed by atoms with van der Waals surface area (Å²) in [6.07, 6.45) is 2.09. The van der Waals surface area contributed by atoms with Crippen LogP contribution in [0.5, 0.6) is 0 Å². The van der Waals surface area contributed by atoms with Gasteiger partial charge in [-0.25, -0.2) is 0 Å². The molecule has 0 fully saturated rings.